The molecule has 1 aliphatic heterocycles. The minimum Gasteiger partial charge on any atom is -0.353 e. The van der Waals surface area contributed by atoms with Crippen LogP contribution in [0.3, 0.4) is 0 Å². The molecule has 1 aromatic carbocycles. The Bertz CT molecular complexity index is 637. The number of anilines is 3. The number of rotatable bonds is 3. The van der Waals surface area contributed by atoms with Crippen molar-refractivity contribution in [1.29, 1.82) is 0 Å². The average molecular weight is 306 g/mol. The van der Waals surface area contributed by atoms with Crippen LogP contribution in [-0.2, 0) is 0 Å². The first-order chi connectivity index (χ1) is 10.6. The molecule has 1 aliphatic rings. The number of nitrogens with one attached hydrogen (secondary N) is 1. The van der Waals surface area contributed by atoms with E-state index in [4.69, 9.17) is 0 Å². The molecular formula is C14H16F2N6. The Morgan fingerprint density at radius 3 is 2.45 bits per heavy atom. The molecule has 3 rings (SSSR count). The lowest BCUT2D eigenvalue weighted by Gasteiger charge is -2.32. The number of benzene rings is 1. The largest absolute Gasteiger partial charge is 0.353 e. The highest BCUT2D eigenvalue weighted by atomic mass is 19.1. The Balaban J connectivity index is 1.79. The van der Waals surface area contributed by atoms with Crippen molar-refractivity contribution in [2.75, 3.05) is 43.4 Å². The molecule has 2 aromatic rings. The number of halogens is 2. The molecule has 0 bridgehead atoms. The van der Waals surface area contributed by atoms with Crippen LogP contribution in [-0.4, -0.2) is 53.3 Å². The molecule has 1 aromatic heterocycles. The van der Waals surface area contributed by atoms with Gasteiger partial charge in [0, 0.05) is 26.2 Å². The molecule has 116 valence electrons. The van der Waals surface area contributed by atoms with Gasteiger partial charge >= 0.3 is 0 Å². The fourth-order valence-corrected chi connectivity index (χ4v) is 2.26. The van der Waals surface area contributed by atoms with Gasteiger partial charge in [-0.15, -0.1) is 5.10 Å². The molecule has 0 amide bonds. The van der Waals surface area contributed by atoms with Gasteiger partial charge in [-0.2, -0.15) is 10.1 Å². The van der Waals surface area contributed by atoms with Crippen LogP contribution in [0.1, 0.15) is 0 Å². The van der Waals surface area contributed by atoms with Crippen LogP contribution in [0.5, 0.6) is 0 Å². The second-order valence-corrected chi connectivity index (χ2v) is 5.15. The quantitative estimate of drug-likeness (QED) is 0.930. The highest BCUT2D eigenvalue weighted by molar-refractivity contribution is 5.56. The molecular weight excluding hydrogens is 290 g/mol. The van der Waals surface area contributed by atoms with Crippen molar-refractivity contribution in [1.82, 2.24) is 20.1 Å². The molecule has 0 unspecified atom stereocenters. The maximum absolute atomic E-state index is 13.6. The fourth-order valence-electron chi connectivity index (χ4n) is 2.26. The number of hydrogen-bond donors (Lipinski definition) is 1. The van der Waals surface area contributed by atoms with E-state index in [2.05, 4.69) is 37.3 Å². The van der Waals surface area contributed by atoms with Gasteiger partial charge in [0.15, 0.2) is 5.82 Å². The second-order valence-electron chi connectivity index (χ2n) is 5.15. The van der Waals surface area contributed by atoms with Crippen molar-refractivity contribution in [3.8, 4) is 0 Å². The highest BCUT2D eigenvalue weighted by Crippen LogP contribution is 2.22. The first-order valence-corrected chi connectivity index (χ1v) is 6.98. The Morgan fingerprint density at radius 2 is 1.77 bits per heavy atom. The van der Waals surface area contributed by atoms with E-state index in [0.29, 0.717) is 5.82 Å². The summed E-state index contributed by atoms with van der Waals surface area (Å²) in [6.45, 7) is 3.49. The van der Waals surface area contributed by atoms with Gasteiger partial charge in [0.25, 0.3) is 0 Å². The van der Waals surface area contributed by atoms with Gasteiger partial charge in [-0.05, 0) is 19.2 Å². The van der Waals surface area contributed by atoms with Gasteiger partial charge in [-0.1, -0.05) is 6.07 Å². The molecule has 0 atom stereocenters. The molecule has 0 spiro atoms. The van der Waals surface area contributed by atoms with E-state index in [-0.39, 0.29) is 11.6 Å². The van der Waals surface area contributed by atoms with Crippen molar-refractivity contribution in [3.05, 3.63) is 36.0 Å². The summed E-state index contributed by atoms with van der Waals surface area (Å²) in [4.78, 5) is 8.58. The van der Waals surface area contributed by atoms with E-state index < -0.39 is 11.6 Å². The van der Waals surface area contributed by atoms with Crippen LogP contribution in [0, 0.1) is 11.6 Å². The standard InChI is InChI=1S/C14H16F2N6/c1-21-5-7-22(8-6-21)12-9-17-20-14(18-12)19-13-10(15)3-2-4-11(13)16/h2-4,9H,5-8H2,1H3,(H,18,19,20). The third-order valence-corrected chi connectivity index (χ3v) is 3.57. The number of piperazine rings is 1. The molecule has 6 nitrogen and oxygen atoms in total. The Morgan fingerprint density at radius 1 is 1.09 bits per heavy atom. The van der Waals surface area contributed by atoms with E-state index >= 15 is 0 Å². The summed E-state index contributed by atoms with van der Waals surface area (Å²) < 4.78 is 27.3. The number of aromatic nitrogens is 3. The first kappa shape index (κ1) is 14.6. The number of nitrogens with zero attached hydrogens (tertiary/aromatic N) is 5. The maximum atomic E-state index is 13.6. The van der Waals surface area contributed by atoms with Crippen molar-refractivity contribution in [2.45, 2.75) is 0 Å². The van der Waals surface area contributed by atoms with Gasteiger partial charge in [-0.3, -0.25) is 0 Å². The van der Waals surface area contributed by atoms with Crippen LogP contribution >= 0.6 is 0 Å². The molecule has 1 N–H and O–H groups in total. The molecule has 0 radical (unpaired) electrons. The van der Waals surface area contributed by atoms with Gasteiger partial charge in [-0.25, -0.2) is 8.78 Å². The average Bonchev–Trinajstić information content (AvgIpc) is 2.52. The second kappa shape index (κ2) is 6.18. The number of likely N-dealkylation sites (N-methyl/N-ethyl adjacent to an activating group) is 1. The Kier molecular flexibility index (Phi) is 4.10. The maximum Gasteiger partial charge on any atom is 0.249 e. The number of para-hydroxylation sites is 1. The SMILES string of the molecule is CN1CCN(c2cnnc(Nc3c(F)cccc3F)n2)CC1. The van der Waals surface area contributed by atoms with Crippen LogP contribution < -0.4 is 10.2 Å². The molecule has 8 heteroatoms. The minimum atomic E-state index is -0.700. The van der Waals surface area contributed by atoms with Crippen LogP contribution in [0.15, 0.2) is 24.4 Å². The summed E-state index contributed by atoms with van der Waals surface area (Å²) in [5.74, 6) is -0.690. The highest BCUT2D eigenvalue weighted by Gasteiger charge is 2.17. The Hall–Kier alpha value is -2.35. The van der Waals surface area contributed by atoms with E-state index in [1.807, 2.05) is 0 Å². The van der Waals surface area contributed by atoms with Crippen molar-refractivity contribution < 1.29 is 8.78 Å². The van der Waals surface area contributed by atoms with Crippen molar-refractivity contribution in [2.24, 2.45) is 0 Å². The summed E-state index contributed by atoms with van der Waals surface area (Å²) in [7, 11) is 2.06. The smallest absolute Gasteiger partial charge is 0.249 e. The summed E-state index contributed by atoms with van der Waals surface area (Å²) in [5.41, 5.74) is -0.278. The monoisotopic (exact) mass is 306 g/mol. The summed E-state index contributed by atoms with van der Waals surface area (Å²) >= 11 is 0. The summed E-state index contributed by atoms with van der Waals surface area (Å²) in [6.07, 6.45) is 1.55. The van der Waals surface area contributed by atoms with Crippen LogP contribution in [0.2, 0.25) is 0 Å². The van der Waals surface area contributed by atoms with Crippen molar-refractivity contribution >= 4 is 17.5 Å². The zero-order valence-corrected chi connectivity index (χ0v) is 12.1. The minimum absolute atomic E-state index is 0.0698. The zero-order valence-electron chi connectivity index (χ0n) is 12.1. The molecule has 2 heterocycles. The predicted molar refractivity (Wildman–Crippen MR) is 79.2 cm³/mol. The predicted octanol–water partition coefficient (Wildman–Crippen LogP) is 1.65. The van der Waals surface area contributed by atoms with Crippen LogP contribution in [0.25, 0.3) is 0 Å². The van der Waals surface area contributed by atoms with Crippen LogP contribution in [0.4, 0.5) is 26.2 Å². The lowest BCUT2D eigenvalue weighted by Crippen LogP contribution is -2.44. The third-order valence-electron chi connectivity index (χ3n) is 3.57. The zero-order chi connectivity index (χ0) is 15.5. The topological polar surface area (TPSA) is 57.2 Å². The van der Waals surface area contributed by atoms with Gasteiger partial charge < -0.3 is 15.1 Å². The van der Waals surface area contributed by atoms with E-state index in [1.54, 1.807) is 6.20 Å². The summed E-state index contributed by atoms with van der Waals surface area (Å²) in [6, 6.07) is 3.64. The third kappa shape index (κ3) is 3.11. The molecule has 1 saturated heterocycles. The van der Waals surface area contributed by atoms with Gasteiger partial charge in [0.05, 0.1) is 6.20 Å². The fraction of sp³-hybridized carbons (Fsp3) is 0.357. The normalized spacial score (nSPS) is 15.9. The Labute approximate surface area is 126 Å². The van der Waals surface area contributed by atoms with Crippen molar-refractivity contribution in [3.63, 3.8) is 0 Å². The summed E-state index contributed by atoms with van der Waals surface area (Å²) in [5, 5.41) is 10.2. The lowest BCUT2D eigenvalue weighted by molar-refractivity contribution is 0.312. The van der Waals surface area contributed by atoms with Gasteiger partial charge in [0.2, 0.25) is 5.95 Å². The number of hydrogen-bond acceptors (Lipinski definition) is 6. The molecule has 0 saturated carbocycles. The lowest BCUT2D eigenvalue weighted by atomic mass is 10.3. The van der Waals surface area contributed by atoms with E-state index in [9.17, 15) is 8.78 Å². The van der Waals surface area contributed by atoms with E-state index in [0.717, 1.165) is 26.2 Å². The van der Waals surface area contributed by atoms with E-state index in [1.165, 1.54) is 18.2 Å². The van der Waals surface area contributed by atoms with Gasteiger partial charge in [0.1, 0.15) is 17.3 Å². The molecule has 22 heavy (non-hydrogen) atoms. The molecule has 0 aliphatic carbocycles. The molecule has 1 fully saturated rings. The first-order valence-electron chi connectivity index (χ1n) is 6.98.